The maximum Gasteiger partial charge on any atom is 0.248 e. The second kappa shape index (κ2) is 9.70. The molecule has 1 aromatic heterocycles. The lowest BCUT2D eigenvalue weighted by Gasteiger charge is -2.36. The highest BCUT2D eigenvalue weighted by Crippen LogP contribution is 2.44. The Morgan fingerprint density at radius 2 is 2.14 bits per heavy atom. The Balaban J connectivity index is 1.55. The first-order chi connectivity index (χ1) is 17.2. The maximum atomic E-state index is 11.7. The van der Waals surface area contributed by atoms with E-state index in [9.17, 15) is 18.3 Å². The van der Waals surface area contributed by atoms with Crippen molar-refractivity contribution in [2.24, 2.45) is 0 Å². The Bertz CT molecular complexity index is 1420. The Kier molecular flexibility index (Phi) is 6.60. The van der Waals surface area contributed by atoms with E-state index < -0.39 is 16.4 Å². The molecule has 0 saturated carbocycles. The molecule has 2 atom stereocenters. The SMILES string of the molecule is COC1=C(c2ccc3c(c2)CC=C3CNS(C)(=O)=O)C=C(N2C=CC(=O)NC2O)CC1c1ccsc1. The lowest BCUT2D eigenvalue weighted by molar-refractivity contribution is -0.123. The zero-order valence-corrected chi connectivity index (χ0v) is 21.5. The third kappa shape index (κ3) is 4.90. The summed E-state index contributed by atoms with van der Waals surface area (Å²) in [5, 5.41) is 17.2. The van der Waals surface area contributed by atoms with Crippen molar-refractivity contribution in [2.75, 3.05) is 19.9 Å². The molecule has 2 aromatic rings. The van der Waals surface area contributed by atoms with Gasteiger partial charge in [-0.25, -0.2) is 13.1 Å². The number of nitrogens with one attached hydrogen (secondary N) is 2. The van der Waals surface area contributed by atoms with Gasteiger partial charge in [-0.2, -0.15) is 11.3 Å². The minimum atomic E-state index is -3.28. The van der Waals surface area contributed by atoms with Crippen molar-refractivity contribution in [3.05, 3.63) is 93.2 Å². The van der Waals surface area contributed by atoms with E-state index in [0.717, 1.165) is 51.1 Å². The number of ether oxygens (including phenoxy) is 1. The molecule has 2 heterocycles. The predicted molar refractivity (Wildman–Crippen MR) is 140 cm³/mol. The molecule has 1 aliphatic heterocycles. The first-order valence-corrected chi connectivity index (χ1v) is 14.3. The smallest absolute Gasteiger partial charge is 0.248 e. The number of amides is 1. The molecule has 1 aromatic carbocycles. The minimum Gasteiger partial charge on any atom is -0.500 e. The van der Waals surface area contributed by atoms with Gasteiger partial charge in [0.15, 0.2) is 0 Å². The maximum absolute atomic E-state index is 11.7. The first-order valence-electron chi connectivity index (χ1n) is 11.5. The summed E-state index contributed by atoms with van der Waals surface area (Å²) >= 11 is 1.62. The van der Waals surface area contributed by atoms with Crippen molar-refractivity contribution in [1.82, 2.24) is 14.9 Å². The molecule has 0 radical (unpaired) electrons. The van der Waals surface area contributed by atoms with Crippen LogP contribution in [0.2, 0.25) is 0 Å². The molecule has 3 aliphatic rings. The van der Waals surface area contributed by atoms with Crippen LogP contribution in [0.1, 0.15) is 34.6 Å². The Morgan fingerprint density at radius 3 is 2.83 bits per heavy atom. The summed E-state index contributed by atoms with van der Waals surface area (Å²) in [7, 11) is -1.61. The van der Waals surface area contributed by atoms with Crippen LogP contribution >= 0.6 is 11.3 Å². The second-order valence-electron chi connectivity index (χ2n) is 8.94. The molecule has 3 N–H and O–H groups in total. The van der Waals surface area contributed by atoms with E-state index in [2.05, 4.69) is 27.6 Å². The standard InChI is InChI=1S/C26H27N3O5S2/c1-34-25-22(17-5-6-21-16(11-17)3-4-18(21)14-27-36(2,32)33)12-20(13-23(25)19-8-10-35-15-19)29-9-7-24(30)28-26(29)31/h4-12,15,23,26-27,31H,3,13-14H2,1-2H3,(H,28,30). The number of nitrogens with zero attached hydrogens (tertiary/aromatic N) is 1. The van der Waals surface area contributed by atoms with E-state index in [4.69, 9.17) is 4.74 Å². The number of aliphatic hydroxyl groups is 1. The molecule has 0 saturated heterocycles. The third-order valence-electron chi connectivity index (χ3n) is 6.58. The van der Waals surface area contributed by atoms with Gasteiger partial charge in [-0.3, -0.25) is 4.79 Å². The summed E-state index contributed by atoms with van der Waals surface area (Å²) in [5.41, 5.74) is 6.93. The van der Waals surface area contributed by atoms with Crippen LogP contribution in [-0.4, -0.2) is 50.6 Å². The van der Waals surface area contributed by atoms with E-state index in [1.807, 2.05) is 29.7 Å². The molecule has 2 unspecified atom stereocenters. The number of hydrogen-bond acceptors (Lipinski definition) is 7. The van der Waals surface area contributed by atoms with Crippen LogP contribution in [0.15, 0.2) is 70.9 Å². The van der Waals surface area contributed by atoms with E-state index in [-0.39, 0.29) is 18.4 Å². The van der Waals surface area contributed by atoms with Gasteiger partial charge in [0.25, 0.3) is 0 Å². The monoisotopic (exact) mass is 525 g/mol. The average molecular weight is 526 g/mol. The van der Waals surface area contributed by atoms with Crippen molar-refractivity contribution in [3.63, 3.8) is 0 Å². The summed E-state index contributed by atoms with van der Waals surface area (Å²) in [5.74, 6) is 0.432. The number of allylic oxidation sites excluding steroid dienone is 5. The molecule has 36 heavy (non-hydrogen) atoms. The number of carbonyl (C=O) groups is 1. The summed E-state index contributed by atoms with van der Waals surface area (Å²) in [6.07, 6.45) is 8.35. The fraction of sp³-hybridized carbons (Fsp3) is 0.269. The number of aliphatic hydroxyl groups excluding tert-OH is 1. The van der Waals surface area contributed by atoms with Crippen LogP contribution in [0.3, 0.4) is 0 Å². The van der Waals surface area contributed by atoms with E-state index in [0.29, 0.717) is 12.8 Å². The Hall–Kier alpha value is -3.18. The van der Waals surface area contributed by atoms with Crippen LogP contribution in [0.25, 0.3) is 11.1 Å². The summed E-state index contributed by atoms with van der Waals surface area (Å²) in [6.45, 7) is 0.256. The second-order valence-corrected chi connectivity index (χ2v) is 11.5. The molecule has 0 fully saturated rings. The number of methoxy groups -OCH3 is 1. The lowest BCUT2D eigenvalue weighted by atomic mass is 9.84. The van der Waals surface area contributed by atoms with E-state index in [1.165, 1.54) is 6.08 Å². The van der Waals surface area contributed by atoms with E-state index in [1.54, 1.807) is 29.5 Å². The van der Waals surface area contributed by atoms with E-state index >= 15 is 0 Å². The highest BCUT2D eigenvalue weighted by molar-refractivity contribution is 7.88. The zero-order valence-electron chi connectivity index (χ0n) is 19.9. The van der Waals surface area contributed by atoms with Gasteiger partial charge in [0.05, 0.1) is 13.4 Å². The highest BCUT2D eigenvalue weighted by Gasteiger charge is 2.32. The number of benzene rings is 1. The summed E-state index contributed by atoms with van der Waals surface area (Å²) in [6, 6.07) is 8.22. The van der Waals surface area contributed by atoms with Crippen molar-refractivity contribution < 1.29 is 23.1 Å². The summed E-state index contributed by atoms with van der Waals surface area (Å²) in [4.78, 5) is 13.4. The molecule has 0 spiro atoms. The van der Waals surface area contributed by atoms with Gasteiger partial charge in [0, 0.05) is 42.4 Å². The van der Waals surface area contributed by atoms with Crippen LogP contribution in [0, 0.1) is 0 Å². The molecule has 1 amide bonds. The zero-order chi connectivity index (χ0) is 25.4. The molecule has 188 valence electrons. The van der Waals surface area contributed by atoms with Gasteiger partial charge < -0.3 is 20.1 Å². The number of sulfonamides is 1. The third-order valence-corrected chi connectivity index (χ3v) is 7.95. The van der Waals surface area contributed by atoms with Crippen LogP contribution < -0.4 is 10.0 Å². The fourth-order valence-corrected chi connectivity index (χ4v) is 6.01. The quantitative estimate of drug-likeness (QED) is 0.513. The number of hydrogen-bond donors (Lipinski definition) is 3. The van der Waals surface area contributed by atoms with Gasteiger partial charge >= 0.3 is 0 Å². The van der Waals surface area contributed by atoms with Crippen molar-refractivity contribution in [1.29, 1.82) is 0 Å². The molecular weight excluding hydrogens is 498 g/mol. The summed E-state index contributed by atoms with van der Waals surface area (Å²) < 4.78 is 31.6. The highest BCUT2D eigenvalue weighted by atomic mass is 32.2. The van der Waals surface area contributed by atoms with Crippen LogP contribution in [0.4, 0.5) is 0 Å². The Morgan fingerprint density at radius 1 is 1.31 bits per heavy atom. The normalized spacial score (nSPS) is 21.8. The number of carbonyl (C=O) groups excluding carboxylic acids is 1. The average Bonchev–Trinajstić information content (AvgIpc) is 3.51. The van der Waals surface area contributed by atoms with Gasteiger partial charge in [-0.15, -0.1) is 0 Å². The molecule has 8 nitrogen and oxygen atoms in total. The van der Waals surface area contributed by atoms with Crippen LogP contribution in [-0.2, 0) is 26.0 Å². The molecular formula is C26H27N3O5S2. The first kappa shape index (κ1) is 24.5. The fourth-order valence-electron chi connectivity index (χ4n) is 4.88. The number of rotatable bonds is 7. The molecule has 10 heteroatoms. The van der Waals surface area contributed by atoms with Crippen molar-refractivity contribution in [3.8, 4) is 0 Å². The van der Waals surface area contributed by atoms with Gasteiger partial charge in [-0.1, -0.05) is 24.3 Å². The predicted octanol–water partition coefficient (Wildman–Crippen LogP) is 2.89. The van der Waals surface area contributed by atoms with Gasteiger partial charge in [-0.05, 0) is 57.2 Å². The molecule has 0 bridgehead atoms. The largest absolute Gasteiger partial charge is 0.500 e. The van der Waals surface area contributed by atoms with Crippen molar-refractivity contribution >= 4 is 38.4 Å². The minimum absolute atomic E-state index is 0.0598. The Labute approximate surface area is 214 Å². The van der Waals surface area contributed by atoms with Crippen molar-refractivity contribution in [2.45, 2.75) is 25.1 Å². The van der Waals surface area contributed by atoms with Crippen LogP contribution in [0.5, 0.6) is 0 Å². The van der Waals surface area contributed by atoms with Gasteiger partial charge in [0.1, 0.15) is 5.76 Å². The topological polar surface area (TPSA) is 108 Å². The molecule has 5 rings (SSSR count). The van der Waals surface area contributed by atoms with Gasteiger partial charge in [0.2, 0.25) is 22.3 Å². The lowest BCUT2D eigenvalue weighted by Crippen LogP contribution is -2.48. The number of fused-ring (bicyclic) bond motifs is 1. The number of thiophene rings is 1. The molecule has 2 aliphatic carbocycles.